The summed E-state index contributed by atoms with van der Waals surface area (Å²) in [7, 11) is 0. The molecule has 0 radical (unpaired) electrons. The van der Waals surface area contributed by atoms with Crippen molar-refractivity contribution in [1.29, 1.82) is 0 Å². The minimum atomic E-state index is -1.90. The lowest BCUT2D eigenvalue weighted by Crippen LogP contribution is -2.12. The number of hydrogen-bond donors (Lipinski definition) is 2. The lowest BCUT2D eigenvalue weighted by atomic mass is 10.0. The summed E-state index contributed by atoms with van der Waals surface area (Å²) >= 11 is 11.8. The molecule has 0 aliphatic rings. The van der Waals surface area contributed by atoms with Crippen molar-refractivity contribution in [3.8, 4) is 11.1 Å². The summed E-state index contributed by atoms with van der Waals surface area (Å²) in [6.45, 7) is 0. The molecular weight excluding hydrogens is 306 g/mol. The predicted octanol–water partition coefficient (Wildman–Crippen LogP) is 3.92. The van der Waals surface area contributed by atoms with Crippen molar-refractivity contribution in [2.45, 2.75) is 6.10 Å². The van der Waals surface area contributed by atoms with Crippen LogP contribution in [-0.2, 0) is 4.79 Å². The third kappa shape index (κ3) is 2.93. The van der Waals surface area contributed by atoms with Crippen LogP contribution in [0, 0.1) is 5.82 Å². The molecule has 0 bridgehead atoms. The molecule has 0 aromatic heterocycles. The Morgan fingerprint density at radius 3 is 2.40 bits per heavy atom. The van der Waals surface area contributed by atoms with Crippen LogP contribution in [0.1, 0.15) is 11.7 Å². The summed E-state index contributed by atoms with van der Waals surface area (Å²) in [4.78, 5) is 10.6. The van der Waals surface area contributed by atoms with Crippen LogP contribution in [0.3, 0.4) is 0 Å². The topological polar surface area (TPSA) is 57.5 Å². The number of aliphatic hydroxyl groups excluding tert-OH is 1. The standard InChI is InChI=1S/C14H9Cl2FO3/c15-8-2-4-9(11(16)6-8)7-1-3-10(12(17)5-7)13(18)14(19)20/h1-6,13,18H,(H,19,20). The third-order valence-corrected chi connectivity index (χ3v) is 3.32. The van der Waals surface area contributed by atoms with Crippen molar-refractivity contribution in [1.82, 2.24) is 0 Å². The number of carboxylic acids is 1. The SMILES string of the molecule is O=C(O)C(O)c1ccc(-c2ccc(Cl)cc2Cl)cc1F. The molecule has 2 aromatic rings. The molecule has 1 unspecified atom stereocenters. The van der Waals surface area contributed by atoms with Crippen molar-refractivity contribution < 1.29 is 19.4 Å². The lowest BCUT2D eigenvalue weighted by molar-refractivity contribution is -0.147. The zero-order valence-electron chi connectivity index (χ0n) is 9.98. The van der Waals surface area contributed by atoms with E-state index < -0.39 is 17.9 Å². The summed E-state index contributed by atoms with van der Waals surface area (Å²) in [5.41, 5.74) is 0.725. The summed E-state index contributed by atoms with van der Waals surface area (Å²) in [6, 6.07) is 8.59. The smallest absolute Gasteiger partial charge is 0.337 e. The first kappa shape index (κ1) is 14.8. The zero-order valence-corrected chi connectivity index (χ0v) is 11.5. The summed E-state index contributed by atoms with van der Waals surface area (Å²) in [5.74, 6) is -2.33. The number of hydrogen-bond acceptors (Lipinski definition) is 2. The minimum absolute atomic E-state index is 0.300. The van der Waals surface area contributed by atoms with Gasteiger partial charge in [-0.3, -0.25) is 0 Å². The van der Waals surface area contributed by atoms with Crippen LogP contribution in [0.2, 0.25) is 10.0 Å². The van der Waals surface area contributed by atoms with Crippen molar-refractivity contribution in [3.05, 3.63) is 57.8 Å². The largest absolute Gasteiger partial charge is 0.479 e. The Kier molecular flexibility index (Phi) is 4.28. The Labute approximate surface area is 124 Å². The van der Waals surface area contributed by atoms with Crippen LogP contribution in [0.5, 0.6) is 0 Å². The molecule has 0 aliphatic carbocycles. The number of carboxylic acid groups (broad SMARTS) is 1. The average molecular weight is 315 g/mol. The van der Waals surface area contributed by atoms with Gasteiger partial charge in [-0.25, -0.2) is 9.18 Å². The van der Waals surface area contributed by atoms with Gasteiger partial charge in [-0.1, -0.05) is 41.4 Å². The highest BCUT2D eigenvalue weighted by Crippen LogP contribution is 2.32. The number of rotatable bonds is 3. The molecule has 20 heavy (non-hydrogen) atoms. The van der Waals surface area contributed by atoms with E-state index >= 15 is 0 Å². The van der Waals surface area contributed by atoms with E-state index in [-0.39, 0.29) is 5.56 Å². The molecule has 2 rings (SSSR count). The van der Waals surface area contributed by atoms with Gasteiger partial charge in [-0.05, 0) is 23.8 Å². The maximum absolute atomic E-state index is 13.9. The van der Waals surface area contributed by atoms with E-state index in [4.69, 9.17) is 28.3 Å². The van der Waals surface area contributed by atoms with Crippen LogP contribution in [-0.4, -0.2) is 16.2 Å². The normalized spacial score (nSPS) is 12.2. The summed E-state index contributed by atoms with van der Waals surface area (Å²) in [5, 5.41) is 18.8. The highest BCUT2D eigenvalue weighted by Gasteiger charge is 2.20. The van der Waals surface area contributed by atoms with Gasteiger partial charge in [0.05, 0.1) is 0 Å². The van der Waals surface area contributed by atoms with Gasteiger partial charge >= 0.3 is 5.97 Å². The van der Waals surface area contributed by atoms with Gasteiger partial charge in [0.2, 0.25) is 0 Å². The molecule has 2 N–H and O–H groups in total. The van der Waals surface area contributed by atoms with E-state index in [1.807, 2.05) is 0 Å². The average Bonchev–Trinajstić information content (AvgIpc) is 2.37. The number of aliphatic carboxylic acids is 1. The Balaban J connectivity index is 2.45. The number of carbonyl (C=O) groups is 1. The van der Waals surface area contributed by atoms with Gasteiger partial charge in [0.1, 0.15) is 5.82 Å². The second-order valence-corrected chi connectivity index (χ2v) is 4.94. The highest BCUT2D eigenvalue weighted by molar-refractivity contribution is 6.36. The number of aliphatic hydroxyl groups is 1. The van der Waals surface area contributed by atoms with E-state index in [0.717, 1.165) is 6.07 Å². The Bertz CT molecular complexity index is 673. The molecule has 0 aliphatic heterocycles. The molecule has 3 nitrogen and oxygen atoms in total. The maximum atomic E-state index is 13.9. The number of halogens is 3. The molecule has 0 fully saturated rings. The van der Waals surface area contributed by atoms with Gasteiger partial charge in [0.15, 0.2) is 6.10 Å². The van der Waals surface area contributed by atoms with Crippen LogP contribution in [0.4, 0.5) is 4.39 Å². The maximum Gasteiger partial charge on any atom is 0.337 e. The molecule has 2 aromatic carbocycles. The quantitative estimate of drug-likeness (QED) is 0.902. The minimum Gasteiger partial charge on any atom is -0.479 e. The van der Waals surface area contributed by atoms with E-state index in [0.29, 0.717) is 21.2 Å². The molecule has 104 valence electrons. The van der Waals surface area contributed by atoms with Gasteiger partial charge < -0.3 is 10.2 Å². The molecular formula is C14H9Cl2FO3. The molecule has 0 heterocycles. The number of benzene rings is 2. The molecule has 0 saturated carbocycles. The van der Waals surface area contributed by atoms with Crippen LogP contribution in [0.15, 0.2) is 36.4 Å². The molecule has 0 spiro atoms. The summed E-state index contributed by atoms with van der Waals surface area (Å²) < 4.78 is 13.9. The van der Waals surface area contributed by atoms with Crippen LogP contribution in [0.25, 0.3) is 11.1 Å². The van der Waals surface area contributed by atoms with Crippen molar-refractivity contribution >= 4 is 29.2 Å². The highest BCUT2D eigenvalue weighted by atomic mass is 35.5. The Morgan fingerprint density at radius 1 is 1.15 bits per heavy atom. The van der Waals surface area contributed by atoms with Gasteiger partial charge in [-0.2, -0.15) is 0 Å². The fraction of sp³-hybridized carbons (Fsp3) is 0.0714. The first-order chi connectivity index (χ1) is 9.40. The first-order valence-corrected chi connectivity index (χ1v) is 6.31. The van der Waals surface area contributed by atoms with Gasteiger partial charge in [0, 0.05) is 21.2 Å². The van der Waals surface area contributed by atoms with Crippen LogP contribution >= 0.6 is 23.2 Å². The van der Waals surface area contributed by atoms with Crippen molar-refractivity contribution in [3.63, 3.8) is 0 Å². The van der Waals surface area contributed by atoms with Crippen molar-refractivity contribution in [2.24, 2.45) is 0 Å². The second kappa shape index (κ2) is 5.79. The second-order valence-electron chi connectivity index (χ2n) is 4.10. The molecule has 0 saturated heterocycles. The Morgan fingerprint density at radius 2 is 1.85 bits per heavy atom. The van der Waals surface area contributed by atoms with E-state index in [1.165, 1.54) is 18.2 Å². The zero-order chi connectivity index (χ0) is 14.9. The lowest BCUT2D eigenvalue weighted by Gasteiger charge is -2.10. The Hall–Kier alpha value is -1.62. The molecule has 0 amide bonds. The molecule has 1 atom stereocenters. The van der Waals surface area contributed by atoms with E-state index in [1.54, 1.807) is 12.1 Å². The van der Waals surface area contributed by atoms with Crippen molar-refractivity contribution in [2.75, 3.05) is 0 Å². The fourth-order valence-electron chi connectivity index (χ4n) is 1.77. The monoisotopic (exact) mass is 314 g/mol. The van der Waals surface area contributed by atoms with Gasteiger partial charge in [-0.15, -0.1) is 0 Å². The van der Waals surface area contributed by atoms with Gasteiger partial charge in [0.25, 0.3) is 0 Å². The van der Waals surface area contributed by atoms with E-state index in [2.05, 4.69) is 0 Å². The summed E-state index contributed by atoms with van der Waals surface area (Å²) in [6.07, 6.45) is -1.90. The van der Waals surface area contributed by atoms with E-state index in [9.17, 15) is 14.3 Å². The predicted molar refractivity (Wildman–Crippen MR) is 74.5 cm³/mol. The fourth-order valence-corrected chi connectivity index (χ4v) is 2.29. The first-order valence-electron chi connectivity index (χ1n) is 5.56. The molecule has 6 heteroatoms. The third-order valence-electron chi connectivity index (χ3n) is 2.77. The van der Waals surface area contributed by atoms with Crippen LogP contribution < -0.4 is 0 Å².